The van der Waals surface area contributed by atoms with Crippen LogP contribution in [0.15, 0.2) is 3.92 Å². The Labute approximate surface area is 48.5 Å². The molecule has 0 spiro atoms. The predicted molar refractivity (Wildman–Crippen MR) is 14.6 cm³/mol. The zero-order valence-electron chi connectivity index (χ0n) is 2.92. The van der Waals surface area contributed by atoms with Gasteiger partial charge < -0.3 is 5.21 Å². The van der Waals surface area contributed by atoms with Crippen molar-refractivity contribution in [3.63, 3.8) is 0 Å². The van der Waals surface area contributed by atoms with Gasteiger partial charge in [0.15, 0.2) is 0 Å². The van der Waals surface area contributed by atoms with Gasteiger partial charge in [-0.2, -0.15) is 0 Å². The molecule has 0 unspecified atom stereocenters. The third-order valence-corrected chi connectivity index (χ3v) is 0. The van der Waals surface area contributed by atoms with Crippen molar-refractivity contribution in [2.24, 2.45) is 3.92 Å². The summed E-state index contributed by atoms with van der Waals surface area (Å²) in [5.74, 6) is 0. The molecule has 7 heteroatoms. The fourth-order valence-corrected chi connectivity index (χ4v) is 0. The summed E-state index contributed by atoms with van der Waals surface area (Å²) in [5.41, 5.74) is 0. The number of hydrogen-bond donors (Lipinski definition) is 1. The van der Waals surface area contributed by atoms with Crippen molar-refractivity contribution in [1.82, 2.24) is 0 Å². The van der Waals surface area contributed by atoms with Crippen molar-refractivity contribution >= 4 is 0 Å². The van der Waals surface area contributed by atoms with Gasteiger partial charge in [0.1, 0.15) is 0 Å². The molecule has 0 atom stereocenters. The van der Waals surface area contributed by atoms with Crippen LogP contribution in [0.4, 0.5) is 0 Å². The van der Waals surface area contributed by atoms with E-state index in [9.17, 15) is 0 Å². The molecule has 0 aliphatic carbocycles. The molecule has 0 aromatic rings. The van der Waals surface area contributed by atoms with Crippen LogP contribution in [-0.2, 0) is 18.5 Å². The van der Waals surface area contributed by atoms with Gasteiger partial charge in [-0.25, -0.2) is 0 Å². The van der Waals surface area contributed by atoms with Crippen molar-refractivity contribution in [2.45, 2.75) is 0 Å². The van der Waals surface area contributed by atoms with E-state index >= 15 is 0 Å². The van der Waals surface area contributed by atoms with Crippen LogP contribution < -0.4 is 0 Å². The predicted octanol–water partition coefficient (Wildman–Crippen LogP) is -0.133. The maximum absolute atomic E-state index is 8.52. The molecule has 0 heterocycles. The topological polar surface area (TPSA) is 92.8 Å². The number of hydrogen-bond acceptors (Lipinski definition) is 4. The molecule has 7 heavy (non-hydrogen) atoms. The van der Waals surface area contributed by atoms with E-state index in [1.165, 1.54) is 0 Å². The summed E-state index contributed by atoms with van der Waals surface area (Å²) in [6.07, 6.45) is 0. The Morgan fingerprint density at radius 3 is 1.86 bits per heavy atom. The van der Waals surface area contributed by atoms with Gasteiger partial charge >= 0.3 is 27.4 Å². The fourth-order valence-electron chi connectivity index (χ4n) is 0. The Morgan fingerprint density at radius 2 is 1.86 bits per heavy atom. The number of nitroso groups, excluding NO2 is 1. The second kappa shape index (κ2) is 9.05. The van der Waals surface area contributed by atoms with E-state index in [4.69, 9.17) is 20.2 Å². The third-order valence-electron chi connectivity index (χ3n) is 0. The molecule has 0 rings (SSSR count). The van der Waals surface area contributed by atoms with Crippen molar-refractivity contribution in [3.8, 4) is 0 Å². The van der Waals surface area contributed by atoms with Gasteiger partial charge in [0.2, 0.25) is 0 Å². The first-order valence-electron chi connectivity index (χ1n) is 0.906. The summed E-state index contributed by atoms with van der Waals surface area (Å²) < 4.78 is 2.18. The van der Waals surface area contributed by atoms with Crippen LogP contribution in [0.25, 0.3) is 0 Å². The number of nitrogens with zero attached hydrogens (tertiary/aromatic N) is 2. The molecule has 0 aliphatic heterocycles. The summed E-state index contributed by atoms with van der Waals surface area (Å²) in [5, 5.41) is 13.6. The van der Waals surface area contributed by atoms with Gasteiger partial charge in [0.25, 0.3) is 5.09 Å². The minimum absolute atomic E-state index is 1.50. The average molecular weight is 194 g/mol. The molecule has 0 aromatic heterocycles. The van der Waals surface area contributed by atoms with E-state index in [1.54, 1.807) is 18.5 Å². The molecule has 6 nitrogen and oxygen atoms in total. The monoisotopic (exact) mass is 195 g/mol. The van der Waals surface area contributed by atoms with E-state index < -0.39 is 5.09 Å². The molecule has 0 radical (unpaired) electrons. The molecule has 1 N–H and O–H groups in total. The van der Waals surface area contributed by atoms with Crippen LogP contribution in [0.2, 0.25) is 0 Å². The molecular formula is HN2O4Ru. The van der Waals surface area contributed by atoms with Crippen molar-refractivity contribution in [1.29, 1.82) is 0 Å². The molecule has 43 valence electrons. The Balaban J connectivity index is 0. The third kappa shape index (κ3) is 191. The van der Waals surface area contributed by atoms with E-state index in [-0.39, 0.29) is 0 Å². The second-order valence-corrected chi connectivity index (χ2v) is 0.620. The van der Waals surface area contributed by atoms with Crippen LogP contribution >= 0.6 is 0 Å². The van der Waals surface area contributed by atoms with Gasteiger partial charge in [-0.1, -0.05) is 0 Å². The molecule has 0 amide bonds. The van der Waals surface area contributed by atoms with Crippen LogP contribution in [0.5, 0.6) is 0 Å². The Bertz CT molecular complexity index is 56.7. The van der Waals surface area contributed by atoms with E-state index in [0.29, 0.717) is 0 Å². The maximum atomic E-state index is 8.52. The number of rotatable bonds is 0. The van der Waals surface area contributed by atoms with Gasteiger partial charge in [0.05, 0.1) is 0 Å². The Morgan fingerprint density at radius 1 is 1.86 bits per heavy atom. The van der Waals surface area contributed by atoms with E-state index in [0.717, 1.165) is 0 Å². The zero-order chi connectivity index (χ0) is 6.28. The summed E-state index contributed by atoms with van der Waals surface area (Å²) in [6.45, 7) is 0. The molecule has 0 saturated carbocycles. The molecule has 0 aliphatic rings. The normalized spacial score (nSPS) is 5.29. The zero-order valence-corrected chi connectivity index (χ0v) is 4.66. The first kappa shape index (κ1) is 9.66. The van der Waals surface area contributed by atoms with Gasteiger partial charge in [-0.05, 0) is 0 Å². The minimum atomic E-state index is -1.50. The van der Waals surface area contributed by atoms with Gasteiger partial charge in [-0.3, -0.25) is 0 Å². The second-order valence-electron chi connectivity index (χ2n) is 0.302. The molecule has 0 fully saturated rings. The summed E-state index contributed by atoms with van der Waals surface area (Å²) >= 11 is 1.58. The quantitative estimate of drug-likeness (QED) is 0.251. The van der Waals surface area contributed by atoms with E-state index in [1.807, 2.05) is 0 Å². The van der Waals surface area contributed by atoms with Gasteiger partial charge in [0, 0.05) is 0 Å². The Hall–Kier alpha value is -0.577. The molecular weight excluding hydrogens is 193 g/mol. The molecule has 0 bridgehead atoms. The first-order valence-corrected chi connectivity index (χ1v) is 1.68. The van der Waals surface area contributed by atoms with E-state index in [2.05, 4.69) is 3.92 Å². The molecule has 0 saturated heterocycles. The first-order chi connectivity index (χ1) is 3.15. The summed E-state index contributed by atoms with van der Waals surface area (Å²) in [7, 11) is 0. The van der Waals surface area contributed by atoms with Crippen molar-refractivity contribution < 1.29 is 28.8 Å². The van der Waals surface area contributed by atoms with Crippen LogP contribution in [0.3, 0.4) is 0 Å². The Kier molecular flexibility index (Phi) is 12.5. The average Bonchev–Trinajstić information content (AvgIpc) is 1.33. The summed E-state index contributed by atoms with van der Waals surface area (Å²) in [6, 6.07) is 0. The van der Waals surface area contributed by atoms with Crippen molar-refractivity contribution in [3.05, 3.63) is 15.0 Å². The molecule has 0 aromatic carbocycles. The van der Waals surface area contributed by atoms with Crippen LogP contribution in [-0.4, -0.2) is 10.3 Å². The SMILES string of the molecule is O=[N+]([O-])O.O=[N][Ru]. The fraction of sp³-hybridized carbons (Fsp3) is 0. The van der Waals surface area contributed by atoms with Crippen LogP contribution in [0.1, 0.15) is 0 Å². The van der Waals surface area contributed by atoms with Gasteiger partial charge in [-0.15, -0.1) is 10.1 Å². The summed E-state index contributed by atoms with van der Waals surface area (Å²) in [4.78, 5) is 16.9. The van der Waals surface area contributed by atoms with Crippen LogP contribution in [0, 0.1) is 15.0 Å². The van der Waals surface area contributed by atoms with Crippen molar-refractivity contribution in [2.75, 3.05) is 0 Å². The standard InChI is InChI=1S/HNO3.NO.Ru/c2-1(3)4;1-2;/h(H,2,3,4);;/q;-1;+1.